The summed E-state index contributed by atoms with van der Waals surface area (Å²) in [6.07, 6.45) is 6.12. The van der Waals surface area contributed by atoms with Crippen LogP contribution in [-0.2, 0) is 7.05 Å². The van der Waals surface area contributed by atoms with Crippen molar-refractivity contribution in [2.45, 2.75) is 38.8 Å². The van der Waals surface area contributed by atoms with Crippen LogP contribution in [0.4, 0.5) is 15.8 Å². The normalized spacial score (nSPS) is 20.3. The average Bonchev–Trinajstić information content (AvgIpc) is 3.63. The number of rotatable bonds is 6. The van der Waals surface area contributed by atoms with Crippen molar-refractivity contribution < 1.29 is 13.9 Å². The summed E-state index contributed by atoms with van der Waals surface area (Å²) in [6, 6.07) is 7.74. The predicted molar refractivity (Wildman–Crippen MR) is 145 cm³/mol. The summed E-state index contributed by atoms with van der Waals surface area (Å²) in [6.45, 7) is 7.50. The number of amides is 1. The number of nitrogens with zero attached hydrogens (tertiary/aromatic N) is 6. The third kappa shape index (κ3) is 4.53. The number of carbonyl (C=O) groups excluding carboxylic acids is 1. The summed E-state index contributed by atoms with van der Waals surface area (Å²) in [5.74, 6) is -0.0362. The van der Waals surface area contributed by atoms with Gasteiger partial charge in [0.2, 0.25) is 0 Å². The first-order valence-corrected chi connectivity index (χ1v) is 13.1. The van der Waals surface area contributed by atoms with E-state index in [2.05, 4.69) is 44.0 Å². The number of halogens is 1. The summed E-state index contributed by atoms with van der Waals surface area (Å²) in [4.78, 5) is 27.4. The maximum absolute atomic E-state index is 14.6. The van der Waals surface area contributed by atoms with Gasteiger partial charge in [0, 0.05) is 73.3 Å². The number of benzene rings is 2. The average molecular weight is 518 g/mol. The summed E-state index contributed by atoms with van der Waals surface area (Å²) >= 11 is 0. The van der Waals surface area contributed by atoms with E-state index in [4.69, 9.17) is 4.74 Å². The highest BCUT2D eigenvalue weighted by Crippen LogP contribution is 2.35. The van der Waals surface area contributed by atoms with E-state index in [0.29, 0.717) is 34.2 Å². The molecule has 1 N–H and O–H groups in total. The maximum atomic E-state index is 14.6. The molecule has 2 aromatic carbocycles. The number of aromatic nitrogens is 4. The molecule has 0 spiro atoms. The van der Waals surface area contributed by atoms with Gasteiger partial charge in [-0.25, -0.2) is 9.37 Å². The number of hydrogen-bond donors (Lipinski definition) is 1. The summed E-state index contributed by atoms with van der Waals surface area (Å²) < 4.78 is 21.4. The lowest BCUT2D eigenvalue weighted by Crippen LogP contribution is -2.57. The first kappa shape index (κ1) is 24.5. The first-order valence-electron chi connectivity index (χ1n) is 13.1. The minimum Gasteiger partial charge on any atom is -0.467 e. The fourth-order valence-electron chi connectivity index (χ4n) is 5.64. The molecule has 6 rings (SSSR count). The van der Waals surface area contributed by atoms with Gasteiger partial charge in [-0.2, -0.15) is 10.1 Å². The van der Waals surface area contributed by atoms with E-state index < -0.39 is 5.82 Å². The Labute approximate surface area is 220 Å². The van der Waals surface area contributed by atoms with Crippen molar-refractivity contribution in [2.75, 3.05) is 37.0 Å². The van der Waals surface area contributed by atoms with Gasteiger partial charge in [-0.15, -0.1) is 0 Å². The molecule has 1 aliphatic carbocycles. The van der Waals surface area contributed by atoms with Gasteiger partial charge in [0.05, 0.1) is 18.2 Å². The van der Waals surface area contributed by atoms with E-state index >= 15 is 0 Å². The second kappa shape index (κ2) is 9.50. The molecule has 198 valence electrons. The van der Waals surface area contributed by atoms with Crippen LogP contribution in [0.25, 0.3) is 21.8 Å². The van der Waals surface area contributed by atoms with E-state index in [0.717, 1.165) is 30.1 Å². The molecule has 3 heterocycles. The van der Waals surface area contributed by atoms with E-state index in [1.54, 1.807) is 36.3 Å². The van der Waals surface area contributed by atoms with Crippen molar-refractivity contribution in [1.29, 1.82) is 0 Å². The van der Waals surface area contributed by atoms with Crippen LogP contribution in [0, 0.1) is 11.7 Å². The van der Waals surface area contributed by atoms with Gasteiger partial charge < -0.3 is 15.0 Å². The Morgan fingerprint density at radius 2 is 1.92 bits per heavy atom. The zero-order chi connectivity index (χ0) is 26.6. The molecule has 0 bridgehead atoms. The Morgan fingerprint density at radius 1 is 1.16 bits per heavy atom. The molecule has 4 aromatic rings. The Morgan fingerprint density at radius 3 is 2.63 bits per heavy atom. The van der Waals surface area contributed by atoms with E-state index in [-0.39, 0.29) is 17.4 Å². The van der Waals surface area contributed by atoms with E-state index in [9.17, 15) is 9.18 Å². The first-order chi connectivity index (χ1) is 18.3. The largest absolute Gasteiger partial charge is 0.467 e. The fraction of sp³-hybridized carbons (Fsp3) is 0.429. The molecule has 0 unspecified atom stereocenters. The predicted octanol–water partition coefficient (Wildman–Crippen LogP) is 4.23. The molecular formula is C28H32FN7O2. The summed E-state index contributed by atoms with van der Waals surface area (Å²) in [5.41, 5.74) is 2.46. The zero-order valence-electron chi connectivity index (χ0n) is 22.1. The van der Waals surface area contributed by atoms with Crippen LogP contribution in [0.3, 0.4) is 0 Å². The highest BCUT2D eigenvalue weighted by atomic mass is 19.1. The third-order valence-electron chi connectivity index (χ3n) is 7.68. The Bertz CT molecular complexity index is 1520. The van der Waals surface area contributed by atoms with Gasteiger partial charge in [-0.3, -0.25) is 14.4 Å². The number of fused-ring (bicyclic) bond motifs is 2. The Hall–Kier alpha value is -3.79. The van der Waals surface area contributed by atoms with Crippen molar-refractivity contribution in [3.8, 4) is 6.01 Å². The molecule has 1 aliphatic heterocycles. The molecule has 1 saturated carbocycles. The quantitative estimate of drug-likeness (QED) is 0.410. The van der Waals surface area contributed by atoms with Crippen molar-refractivity contribution in [2.24, 2.45) is 13.0 Å². The van der Waals surface area contributed by atoms with Gasteiger partial charge in [-0.05, 0) is 56.9 Å². The number of piperazine rings is 1. The molecule has 0 radical (unpaired) electrons. The van der Waals surface area contributed by atoms with Crippen molar-refractivity contribution >= 4 is 39.1 Å². The SMILES string of the molecule is COc1ncc2c(N3C[C@H](C)N(CC4CC4)[C@@H](C)C3)ccc(C(=O)Nc3cc(F)c4nn(C)cc4c3)c2n1. The van der Waals surface area contributed by atoms with Gasteiger partial charge in [0.15, 0.2) is 5.82 Å². The molecular weight excluding hydrogens is 485 g/mol. The number of carbonyl (C=O) groups is 1. The van der Waals surface area contributed by atoms with Gasteiger partial charge in [0.25, 0.3) is 5.91 Å². The summed E-state index contributed by atoms with van der Waals surface area (Å²) in [5, 5.41) is 8.35. The standard InChI is InChI=1S/C28H32FN7O2/c1-16-12-35(13-17(2)36(16)14-18-5-6-18)24-8-7-21(26-22(24)11-30-28(32-26)38-4)27(37)31-20-9-19-15-34(3)33-25(19)23(29)10-20/h7-11,15-18H,5-6,12-14H2,1-4H3,(H,31,37)/t16-,17-/m0/s1. The second-order valence-corrected chi connectivity index (χ2v) is 10.6. The van der Waals surface area contributed by atoms with Crippen LogP contribution in [0.15, 0.2) is 36.7 Å². The molecule has 1 amide bonds. The minimum atomic E-state index is -0.494. The lowest BCUT2D eigenvalue weighted by Gasteiger charge is -2.45. The van der Waals surface area contributed by atoms with E-state index in [1.165, 1.54) is 32.6 Å². The number of aryl methyl sites for hydroxylation is 1. The second-order valence-electron chi connectivity index (χ2n) is 10.6. The van der Waals surface area contributed by atoms with Crippen LogP contribution in [0.2, 0.25) is 0 Å². The highest BCUT2D eigenvalue weighted by Gasteiger charge is 2.34. The molecule has 9 nitrogen and oxygen atoms in total. The van der Waals surface area contributed by atoms with Gasteiger partial charge in [-0.1, -0.05) is 0 Å². The van der Waals surface area contributed by atoms with Gasteiger partial charge >= 0.3 is 6.01 Å². The van der Waals surface area contributed by atoms with Crippen LogP contribution >= 0.6 is 0 Å². The maximum Gasteiger partial charge on any atom is 0.316 e. The van der Waals surface area contributed by atoms with E-state index in [1.807, 2.05) is 6.07 Å². The molecule has 38 heavy (non-hydrogen) atoms. The number of ether oxygens (including phenoxy) is 1. The van der Waals surface area contributed by atoms with Crippen LogP contribution in [-0.4, -0.2) is 69.4 Å². The van der Waals surface area contributed by atoms with Crippen LogP contribution in [0.1, 0.15) is 37.0 Å². The lowest BCUT2D eigenvalue weighted by molar-refractivity contribution is 0.102. The number of hydrogen-bond acceptors (Lipinski definition) is 7. The third-order valence-corrected chi connectivity index (χ3v) is 7.68. The smallest absolute Gasteiger partial charge is 0.316 e. The molecule has 1 saturated heterocycles. The zero-order valence-corrected chi connectivity index (χ0v) is 22.1. The number of anilines is 2. The van der Waals surface area contributed by atoms with Crippen molar-refractivity contribution in [1.82, 2.24) is 24.6 Å². The van der Waals surface area contributed by atoms with Crippen LogP contribution in [0.5, 0.6) is 6.01 Å². The number of nitrogens with one attached hydrogen (secondary N) is 1. The fourth-order valence-corrected chi connectivity index (χ4v) is 5.64. The minimum absolute atomic E-state index is 0.183. The van der Waals surface area contributed by atoms with Crippen molar-refractivity contribution in [3.05, 3.63) is 48.0 Å². The molecule has 10 heteroatoms. The number of methoxy groups -OCH3 is 1. The topological polar surface area (TPSA) is 88.4 Å². The molecule has 2 aromatic heterocycles. The van der Waals surface area contributed by atoms with Gasteiger partial charge in [0.1, 0.15) is 5.52 Å². The Balaban J connectivity index is 1.33. The lowest BCUT2D eigenvalue weighted by atomic mass is 10.0. The monoisotopic (exact) mass is 517 g/mol. The molecule has 2 aliphatic rings. The van der Waals surface area contributed by atoms with Crippen LogP contribution < -0.4 is 15.0 Å². The molecule has 2 fully saturated rings. The van der Waals surface area contributed by atoms with Crippen molar-refractivity contribution in [3.63, 3.8) is 0 Å². The summed E-state index contributed by atoms with van der Waals surface area (Å²) in [7, 11) is 3.23. The highest BCUT2D eigenvalue weighted by molar-refractivity contribution is 6.14. The Kier molecular flexibility index (Phi) is 6.14. The molecule has 2 atom stereocenters.